The molecule has 5 rings (SSSR count). The van der Waals surface area contributed by atoms with Gasteiger partial charge in [-0.25, -0.2) is 9.97 Å². The molecule has 0 bridgehead atoms. The molecular formula is C25H25N7O2S. The van der Waals surface area contributed by atoms with Crippen molar-refractivity contribution in [1.82, 2.24) is 25.1 Å². The second kappa shape index (κ2) is 10.3. The van der Waals surface area contributed by atoms with Crippen molar-refractivity contribution in [2.24, 2.45) is 0 Å². The summed E-state index contributed by atoms with van der Waals surface area (Å²) in [6.07, 6.45) is -0.597. The number of para-hydroxylation sites is 1. The van der Waals surface area contributed by atoms with Crippen molar-refractivity contribution in [3.8, 4) is 22.0 Å². The van der Waals surface area contributed by atoms with Gasteiger partial charge in [0.05, 0.1) is 12.2 Å². The molecule has 1 aliphatic heterocycles. The molecule has 2 aromatic carbocycles. The number of piperazine rings is 1. The number of benzene rings is 2. The Morgan fingerprint density at radius 2 is 1.91 bits per heavy atom. The first-order chi connectivity index (χ1) is 17.1. The van der Waals surface area contributed by atoms with E-state index in [9.17, 15) is 9.90 Å². The first-order valence-electron chi connectivity index (χ1n) is 11.4. The number of anilines is 2. The molecule has 178 valence electrons. The molecule has 9 nitrogen and oxygen atoms in total. The molecule has 2 aromatic heterocycles. The number of rotatable bonds is 6. The number of aromatic nitrogens is 4. The van der Waals surface area contributed by atoms with Crippen molar-refractivity contribution in [1.29, 1.82) is 0 Å². The predicted octanol–water partition coefficient (Wildman–Crippen LogP) is 3.37. The van der Waals surface area contributed by atoms with Crippen LogP contribution in [0.3, 0.4) is 0 Å². The zero-order valence-corrected chi connectivity index (χ0v) is 20.0. The van der Waals surface area contributed by atoms with Gasteiger partial charge in [-0.1, -0.05) is 60.7 Å². The number of carbonyl (C=O) groups is 1. The van der Waals surface area contributed by atoms with E-state index in [1.54, 1.807) is 11.6 Å². The highest BCUT2D eigenvalue weighted by Crippen LogP contribution is 2.29. The standard InChI is InChI=1S/C25H25N7O2S/c1-2-31-12-13-32(15-22(31)33)21-14-20(27-23(29-21)17-8-4-3-5-9-17)24(34)28-19-11-7-6-10-18(19)25-30-26-16-35-25/h3-11,14,16,22,33H,2,12-13,15H2,1H3,(H,28,34). The van der Waals surface area contributed by atoms with Crippen LogP contribution in [-0.4, -0.2) is 68.5 Å². The monoisotopic (exact) mass is 487 g/mol. The van der Waals surface area contributed by atoms with Crippen LogP contribution in [0.2, 0.25) is 0 Å². The molecule has 1 atom stereocenters. The average molecular weight is 488 g/mol. The maximum atomic E-state index is 13.4. The zero-order chi connectivity index (χ0) is 24.2. The topological polar surface area (TPSA) is 107 Å². The van der Waals surface area contributed by atoms with Gasteiger partial charge in [0.1, 0.15) is 28.3 Å². The quantitative estimate of drug-likeness (QED) is 0.426. The van der Waals surface area contributed by atoms with E-state index >= 15 is 0 Å². The average Bonchev–Trinajstić information content (AvgIpc) is 3.44. The van der Waals surface area contributed by atoms with E-state index in [-0.39, 0.29) is 11.6 Å². The maximum Gasteiger partial charge on any atom is 0.274 e. The number of aliphatic hydroxyl groups is 1. The van der Waals surface area contributed by atoms with E-state index in [0.29, 0.717) is 37.0 Å². The normalized spacial score (nSPS) is 16.3. The molecule has 10 heteroatoms. The third kappa shape index (κ3) is 5.04. The fourth-order valence-electron chi connectivity index (χ4n) is 4.06. The predicted molar refractivity (Wildman–Crippen MR) is 136 cm³/mol. The van der Waals surface area contributed by atoms with Crippen molar-refractivity contribution in [2.75, 3.05) is 36.4 Å². The summed E-state index contributed by atoms with van der Waals surface area (Å²) in [6.45, 7) is 4.60. The van der Waals surface area contributed by atoms with Crippen LogP contribution in [0.25, 0.3) is 22.0 Å². The molecule has 2 N–H and O–H groups in total. The summed E-state index contributed by atoms with van der Waals surface area (Å²) in [5.41, 5.74) is 4.13. The molecule has 0 saturated carbocycles. The molecule has 1 fully saturated rings. The fourth-order valence-corrected chi connectivity index (χ4v) is 4.66. The second-order valence-corrected chi connectivity index (χ2v) is 8.93. The van der Waals surface area contributed by atoms with Gasteiger partial charge in [0, 0.05) is 30.3 Å². The van der Waals surface area contributed by atoms with Gasteiger partial charge in [-0.2, -0.15) is 0 Å². The van der Waals surface area contributed by atoms with E-state index in [4.69, 9.17) is 4.98 Å². The van der Waals surface area contributed by atoms with Gasteiger partial charge >= 0.3 is 0 Å². The molecule has 0 aliphatic carbocycles. The van der Waals surface area contributed by atoms with Crippen LogP contribution in [0, 0.1) is 0 Å². The Labute approximate surface area is 207 Å². The first kappa shape index (κ1) is 23.0. The van der Waals surface area contributed by atoms with Gasteiger partial charge in [0.2, 0.25) is 0 Å². The molecule has 3 heterocycles. The molecule has 1 unspecified atom stereocenters. The van der Waals surface area contributed by atoms with Crippen LogP contribution >= 0.6 is 11.3 Å². The van der Waals surface area contributed by atoms with Crippen molar-refractivity contribution in [2.45, 2.75) is 13.2 Å². The number of nitrogens with one attached hydrogen (secondary N) is 1. The number of amides is 1. The van der Waals surface area contributed by atoms with Crippen molar-refractivity contribution >= 4 is 28.7 Å². The second-order valence-electron chi connectivity index (χ2n) is 8.10. The zero-order valence-electron chi connectivity index (χ0n) is 19.2. The largest absolute Gasteiger partial charge is 0.376 e. The van der Waals surface area contributed by atoms with E-state index in [2.05, 4.69) is 20.5 Å². The highest BCUT2D eigenvalue weighted by Gasteiger charge is 2.26. The smallest absolute Gasteiger partial charge is 0.274 e. The minimum absolute atomic E-state index is 0.244. The van der Waals surface area contributed by atoms with Gasteiger partial charge in [-0.3, -0.25) is 9.69 Å². The minimum Gasteiger partial charge on any atom is -0.376 e. The number of β-amino-alcohol motifs (C(OH)–C–C–N with tert-alkyl or cyclic N) is 1. The third-order valence-electron chi connectivity index (χ3n) is 5.94. The maximum absolute atomic E-state index is 13.4. The van der Waals surface area contributed by atoms with E-state index < -0.39 is 6.23 Å². The number of aliphatic hydroxyl groups excluding tert-OH is 1. The van der Waals surface area contributed by atoms with Crippen LogP contribution < -0.4 is 10.2 Å². The Balaban J connectivity index is 1.49. The van der Waals surface area contributed by atoms with Crippen LogP contribution in [-0.2, 0) is 0 Å². The Morgan fingerprint density at radius 1 is 1.11 bits per heavy atom. The summed E-state index contributed by atoms with van der Waals surface area (Å²) in [5.74, 6) is 0.713. The first-order valence-corrected chi connectivity index (χ1v) is 12.3. The van der Waals surface area contributed by atoms with Gasteiger partial charge in [-0.05, 0) is 18.7 Å². The molecule has 1 aliphatic rings. The fraction of sp³-hybridized carbons (Fsp3) is 0.240. The van der Waals surface area contributed by atoms with E-state index in [0.717, 1.165) is 22.7 Å². The Bertz CT molecular complexity index is 1300. The highest BCUT2D eigenvalue weighted by molar-refractivity contribution is 7.12. The summed E-state index contributed by atoms with van der Waals surface area (Å²) < 4.78 is 0. The Kier molecular flexibility index (Phi) is 6.75. The lowest BCUT2D eigenvalue weighted by molar-refractivity contribution is 0.000123. The summed E-state index contributed by atoms with van der Waals surface area (Å²) in [4.78, 5) is 26.7. The molecule has 1 amide bonds. The third-order valence-corrected chi connectivity index (χ3v) is 6.66. The number of likely N-dealkylation sites (N-methyl/N-ethyl adjacent to an activating group) is 1. The summed E-state index contributed by atoms with van der Waals surface area (Å²) in [6, 6.07) is 18.7. The highest BCUT2D eigenvalue weighted by atomic mass is 32.1. The lowest BCUT2D eigenvalue weighted by Crippen LogP contribution is -2.53. The van der Waals surface area contributed by atoms with E-state index in [1.165, 1.54) is 11.3 Å². The number of hydrogen-bond donors (Lipinski definition) is 2. The van der Waals surface area contributed by atoms with Gasteiger partial charge < -0.3 is 15.3 Å². The molecular weight excluding hydrogens is 462 g/mol. The van der Waals surface area contributed by atoms with Crippen molar-refractivity contribution in [3.05, 3.63) is 71.9 Å². The van der Waals surface area contributed by atoms with Crippen LogP contribution in [0.1, 0.15) is 17.4 Å². The Morgan fingerprint density at radius 3 is 2.66 bits per heavy atom. The van der Waals surface area contributed by atoms with E-state index in [1.807, 2.05) is 71.3 Å². The van der Waals surface area contributed by atoms with Crippen LogP contribution in [0.4, 0.5) is 11.5 Å². The van der Waals surface area contributed by atoms with Gasteiger partial charge in [0.15, 0.2) is 5.82 Å². The molecule has 1 saturated heterocycles. The van der Waals surface area contributed by atoms with Crippen LogP contribution in [0.5, 0.6) is 0 Å². The van der Waals surface area contributed by atoms with Gasteiger partial charge in [-0.15, -0.1) is 10.2 Å². The lowest BCUT2D eigenvalue weighted by Gasteiger charge is -2.38. The molecule has 35 heavy (non-hydrogen) atoms. The summed E-state index contributed by atoms with van der Waals surface area (Å²) in [5, 5.41) is 22.3. The summed E-state index contributed by atoms with van der Waals surface area (Å²) in [7, 11) is 0. The molecule has 4 aromatic rings. The minimum atomic E-state index is -0.597. The van der Waals surface area contributed by atoms with Crippen molar-refractivity contribution < 1.29 is 9.90 Å². The van der Waals surface area contributed by atoms with Crippen LogP contribution in [0.15, 0.2) is 66.2 Å². The SMILES string of the molecule is CCN1CCN(c2cc(C(=O)Nc3ccccc3-c3nncs3)nc(-c3ccccc3)n2)CC1O. The molecule has 0 spiro atoms. The summed E-state index contributed by atoms with van der Waals surface area (Å²) >= 11 is 1.40. The number of nitrogens with zero attached hydrogens (tertiary/aromatic N) is 6. The van der Waals surface area contributed by atoms with Crippen molar-refractivity contribution in [3.63, 3.8) is 0 Å². The van der Waals surface area contributed by atoms with Gasteiger partial charge in [0.25, 0.3) is 5.91 Å². The Hall–Kier alpha value is -3.73. The lowest BCUT2D eigenvalue weighted by atomic mass is 10.1. The number of hydrogen-bond acceptors (Lipinski definition) is 9. The molecule has 0 radical (unpaired) electrons. The number of carbonyl (C=O) groups excluding carboxylic acids is 1.